The van der Waals surface area contributed by atoms with Gasteiger partial charge < -0.3 is 24.8 Å². The molecule has 5 nitrogen and oxygen atoms in total. The van der Waals surface area contributed by atoms with E-state index in [4.69, 9.17) is 14.6 Å². The van der Waals surface area contributed by atoms with Gasteiger partial charge in [-0.3, -0.25) is 0 Å². The van der Waals surface area contributed by atoms with Crippen molar-refractivity contribution in [1.29, 1.82) is 0 Å². The molecule has 0 aromatic carbocycles. The van der Waals surface area contributed by atoms with Crippen molar-refractivity contribution in [1.82, 2.24) is 0 Å². The van der Waals surface area contributed by atoms with Crippen LogP contribution in [0.1, 0.15) is 6.92 Å². The fraction of sp³-hybridized carbons (Fsp3) is 1.00. The largest absolute Gasteiger partial charge is 0.394 e. The highest BCUT2D eigenvalue weighted by atomic mass is 16.6. The average Bonchev–Trinajstić information content (AvgIpc) is 2.14. The first kappa shape index (κ1) is 10.9. The summed E-state index contributed by atoms with van der Waals surface area (Å²) < 4.78 is 10.3. The second-order valence-corrected chi connectivity index (χ2v) is 3.03. The van der Waals surface area contributed by atoms with Crippen LogP contribution in [0.3, 0.4) is 0 Å². The standard InChI is InChI=1S/C8H16O5/c1-2-12-8-6(3-9)13-4-5(10)7(8)11/h5-11H,2-4H2,1H3. The minimum absolute atomic E-state index is 0.0377. The summed E-state index contributed by atoms with van der Waals surface area (Å²) in [6.07, 6.45) is -3.10. The van der Waals surface area contributed by atoms with E-state index in [9.17, 15) is 10.2 Å². The minimum atomic E-state index is -0.981. The van der Waals surface area contributed by atoms with Crippen LogP contribution in [0.2, 0.25) is 0 Å². The summed E-state index contributed by atoms with van der Waals surface area (Å²) in [5.74, 6) is 0. The summed E-state index contributed by atoms with van der Waals surface area (Å²) >= 11 is 0. The van der Waals surface area contributed by atoms with Gasteiger partial charge in [0, 0.05) is 6.61 Å². The summed E-state index contributed by atoms with van der Waals surface area (Å²) in [6, 6.07) is 0. The van der Waals surface area contributed by atoms with Gasteiger partial charge in [-0.25, -0.2) is 0 Å². The SMILES string of the molecule is CCOC1C(CO)OCC(O)C1O. The first-order valence-corrected chi connectivity index (χ1v) is 4.40. The molecule has 0 bridgehead atoms. The van der Waals surface area contributed by atoms with Crippen LogP contribution in [0.25, 0.3) is 0 Å². The van der Waals surface area contributed by atoms with Crippen molar-refractivity contribution >= 4 is 0 Å². The Morgan fingerprint density at radius 1 is 1.46 bits per heavy atom. The summed E-state index contributed by atoms with van der Waals surface area (Å²) in [4.78, 5) is 0. The molecule has 13 heavy (non-hydrogen) atoms. The molecule has 3 N–H and O–H groups in total. The van der Waals surface area contributed by atoms with Gasteiger partial charge in [-0.2, -0.15) is 0 Å². The van der Waals surface area contributed by atoms with E-state index >= 15 is 0 Å². The van der Waals surface area contributed by atoms with E-state index in [1.807, 2.05) is 0 Å². The van der Waals surface area contributed by atoms with Gasteiger partial charge in [-0.15, -0.1) is 0 Å². The second-order valence-electron chi connectivity index (χ2n) is 3.03. The summed E-state index contributed by atoms with van der Waals surface area (Å²) in [6.45, 7) is 2.01. The lowest BCUT2D eigenvalue weighted by molar-refractivity contribution is -0.210. The van der Waals surface area contributed by atoms with Crippen molar-refractivity contribution in [2.75, 3.05) is 19.8 Å². The number of hydrogen-bond acceptors (Lipinski definition) is 5. The maximum Gasteiger partial charge on any atom is 0.114 e. The molecule has 4 atom stereocenters. The Morgan fingerprint density at radius 2 is 2.15 bits per heavy atom. The molecule has 4 unspecified atom stereocenters. The first-order valence-electron chi connectivity index (χ1n) is 4.40. The fourth-order valence-corrected chi connectivity index (χ4v) is 1.41. The molecule has 1 aliphatic heterocycles. The maximum atomic E-state index is 9.50. The Bertz CT molecular complexity index is 149. The third-order valence-corrected chi connectivity index (χ3v) is 2.12. The number of rotatable bonds is 3. The summed E-state index contributed by atoms with van der Waals surface area (Å²) in [5, 5.41) is 27.6. The highest BCUT2D eigenvalue weighted by Crippen LogP contribution is 2.18. The lowest BCUT2D eigenvalue weighted by Crippen LogP contribution is -2.55. The molecule has 78 valence electrons. The van der Waals surface area contributed by atoms with Gasteiger partial charge in [0.25, 0.3) is 0 Å². The van der Waals surface area contributed by atoms with E-state index in [0.29, 0.717) is 6.61 Å². The molecule has 1 rings (SSSR count). The average molecular weight is 192 g/mol. The normalized spacial score (nSPS) is 40.6. The molecule has 0 saturated carbocycles. The molecule has 0 radical (unpaired) electrons. The van der Waals surface area contributed by atoms with Crippen molar-refractivity contribution in [3.63, 3.8) is 0 Å². The highest BCUT2D eigenvalue weighted by molar-refractivity contribution is 4.87. The van der Waals surface area contributed by atoms with Crippen molar-refractivity contribution in [3.8, 4) is 0 Å². The van der Waals surface area contributed by atoms with Crippen LogP contribution in [-0.2, 0) is 9.47 Å². The van der Waals surface area contributed by atoms with Gasteiger partial charge in [0.2, 0.25) is 0 Å². The van der Waals surface area contributed by atoms with Gasteiger partial charge in [-0.05, 0) is 6.92 Å². The fourth-order valence-electron chi connectivity index (χ4n) is 1.41. The van der Waals surface area contributed by atoms with E-state index in [-0.39, 0.29) is 13.2 Å². The van der Waals surface area contributed by atoms with Crippen LogP contribution in [0.5, 0.6) is 0 Å². The Hall–Kier alpha value is -0.200. The Balaban J connectivity index is 2.57. The lowest BCUT2D eigenvalue weighted by atomic mass is 10.0. The smallest absolute Gasteiger partial charge is 0.114 e. The van der Waals surface area contributed by atoms with Crippen molar-refractivity contribution in [2.45, 2.75) is 31.3 Å². The van der Waals surface area contributed by atoms with Crippen LogP contribution in [0.15, 0.2) is 0 Å². The van der Waals surface area contributed by atoms with Crippen molar-refractivity contribution in [3.05, 3.63) is 0 Å². The molecule has 0 aromatic rings. The molecule has 0 aromatic heterocycles. The molecule has 0 aliphatic carbocycles. The number of aliphatic hydroxyl groups is 3. The molecule has 1 saturated heterocycles. The quantitative estimate of drug-likeness (QED) is 0.507. The van der Waals surface area contributed by atoms with E-state index < -0.39 is 24.4 Å². The number of hydrogen-bond donors (Lipinski definition) is 3. The third-order valence-electron chi connectivity index (χ3n) is 2.12. The van der Waals surface area contributed by atoms with Crippen LogP contribution in [0, 0.1) is 0 Å². The third kappa shape index (κ3) is 2.38. The Morgan fingerprint density at radius 3 is 2.69 bits per heavy atom. The predicted octanol–water partition coefficient (Wildman–Crippen LogP) is -1.50. The number of ether oxygens (including phenoxy) is 2. The summed E-state index contributed by atoms with van der Waals surface area (Å²) in [5.41, 5.74) is 0. The van der Waals surface area contributed by atoms with Gasteiger partial charge in [0.1, 0.15) is 24.4 Å². The molecular weight excluding hydrogens is 176 g/mol. The monoisotopic (exact) mass is 192 g/mol. The maximum absolute atomic E-state index is 9.50. The lowest BCUT2D eigenvalue weighted by Gasteiger charge is -2.37. The minimum Gasteiger partial charge on any atom is -0.394 e. The zero-order valence-corrected chi connectivity index (χ0v) is 7.59. The first-order chi connectivity index (χ1) is 6.20. The predicted molar refractivity (Wildman–Crippen MR) is 44.3 cm³/mol. The molecule has 1 heterocycles. The van der Waals surface area contributed by atoms with E-state index in [1.165, 1.54) is 0 Å². The molecule has 1 fully saturated rings. The highest BCUT2D eigenvalue weighted by Gasteiger charge is 2.38. The zero-order chi connectivity index (χ0) is 9.84. The summed E-state index contributed by atoms with van der Waals surface area (Å²) in [7, 11) is 0. The van der Waals surface area contributed by atoms with Gasteiger partial charge in [0.15, 0.2) is 0 Å². The van der Waals surface area contributed by atoms with Crippen molar-refractivity contribution < 1.29 is 24.8 Å². The van der Waals surface area contributed by atoms with Crippen LogP contribution in [0.4, 0.5) is 0 Å². The Kier molecular flexibility index (Phi) is 4.08. The van der Waals surface area contributed by atoms with E-state index in [0.717, 1.165) is 0 Å². The van der Waals surface area contributed by atoms with Crippen LogP contribution < -0.4 is 0 Å². The molecule has 0 amide bonds. The second kappa shape index (κ2) is 4.88. The molecule has 5 heteroatoms. The van der Waals surface area contributed by atoms with Gasteiger partial charge in [0.05, 0.1) is 13.2 Å². The van der Waals surface area contributed by atoms with Gasteiger partial charge >= 0.3 is 0 Å². The molecular formula is C8H16O5. The van der Waals surface area contributed by atoms with E-state index in [1.54, 1.807) is 6.92 Å². The van der Waals surface area contributed by atoms with Gasteiger partial charge in [-0.1, -0.05) is 0 Å². The Labute approximate surface area is 76.9 Å². The van der Waals surface area contributed by atoms with Crippen molar-refractivity contribution in [2.24, 2.45) is 0 Å². The topological polar surface area (TPSA) is 79.2 Å². The van der Waals surface area contributed by atoms with Crippen LogP contribution in [-0.4, -0.2) is 59.6 Å². The zero-order valence-electron chi connectivity index (χ0n) is 7.59. The molecule has 1 aliphatic rings. The number of aliphatic hydroxyl groups excluding tert-OH is 3. The van der Waals surface area contributed by atoms with E-state index in [2.05, 4.69) is 0 Å². The molecule has 0 spiro atoms. The van der Waals surface area contributed by atoms with Crippen LogP contribution >= 0.6 is 0 Å².